The molecule has 0 amide bonds. The van der Waals surface area contributed by atoms with Crippen LogP contribution in [-0.4, -0.2) is 64.6 Å². The molecular formula is C40H37N5O7. The van der Waals surface area contributed by atoms with Gasteiger partial charge in [0.2, 0.25) is 0 Å². The first-order valence-electron chi connectivity index (χ1n) is 17.1. The molecule has 0 fully saturated rings. The van der Waals surface area contributed by atoms with E-state index in [-0.39, 0.29) is 11.0 Å². The Morgan fingerprint density at radius 1 is 0.692 bits per heavy atom. The molecule has 4 aromatic carbocycles. The van der Waals surface area contributed by atoms with Gasteiger partial charge >= 0.3 is 0 Å². The zero-order valence-electron chi connectivity index (χ0n) is 28.4. The minimum absolute atomic E-state index is 0.0993. The molecule has 7 rings (SSSR count). The van der Waals surface area contributed by atoms with Gasteiger partial charge in [-0.25, -0.2) is 9.67 Å². The van der Waals surface area contributed by atoms with Crippen LogP contribution in [0.1, 0.15) is 12.1 Å². The van der Waals surface area contributed by atoms with Crippen LogP contribution in [-0.2, 0) is 22.4 Å². The topological polar surface area (TPSA) is 144 Å². The first-order valence-corrected chi connectivity index (χ1v) is 17.1. The molecule has 0 saturated carbocycles. The lowest BCUT2D eigenvalue weighted by atomic mass is 10.1. The van der Waals surface area contributed by atoms with Crippen molar-refractivity contribution >= 4 is 21.9 Å². The Kier molecular flexibility index (Phi) is 11.1. The molecule has 0 spiro atoms. The number of aromatic nitrogens is 5. The van der Waals surface area contributed by atoms with Crippen LogP contribution in [0.3, 0.4) is 0 Å². The third kappa shape index (κ3) is 8.78. The van der Waals surface area contributed by atoms with E-state index in [4.69, 9.17) is 23.4 Å². The molecule has 12 heteroatoms. The van der Waals surface area contributed by atoms with Gasteiger partial charge in [-0.1, -0.05) is 47.7 Å². The predicted molar refractivity (Wildman–Crippen MR) is 197 cm³/mol. The first-order chi connectivity index (χ1) is 25.6. The van der Waals surface area contributed by atoms with Crippen molar-refractivity contribution in [2.24, 2.45) is 0 Å². The summed E-state index contributed by atoms with van der Waals surface area (Å²) in [5.74, 6) is 2.38. The van der Waals surface area contributed by atoms with Crippen LogP contribution in [0, 0.1) is 0 Å². The van der Waals surface area contributed by atoms with Gasteiger partial charge in [-0.15, -0.1) is 5.10 Å². The number of para-hydroxylation sites is 1. The quantitative estimate of drug-likeness (QED) is 0.111. The van der Waals surface area contributed by atoms with E-state index in [2.05, 4.69) is 20.3 Å². The molecule has 0 atom stereocenters. The Balaban J connectivity index is 0.751. The molecule has 0 aliphatic carbocycles. The van der Waals surface area contributed by atoms with E-state index in [1.54, 1.807) is 28.9 Å². The van der Waals surface area contributed by atoms with Gasteiger partial charge in [-0.05, 0) is 61.4 Å². The smallest absolute Gasteiger partial charge is 0.259 e. The number of nitrogens with zero attached hydrogens (tertiary/aromatic N) is 4. The molecule has 264 valence electrons. The van der Waals surface area contributed by atoms with Gasteiger partial charge in [-0.2, -0.15) is 0 Å². The van der Waals surface area contributed by atoms with Gasteiger partial charge in [0.1, 0.15) is 35.3 Å². The number of fused-ring (bicyclic) bond motifs is 2. The van der Waals surface area contributed by atoms with Crippen molar-refractivity contribution in [2.45, 2.75) is 19.4 Å². The lowest BCUT2D eigenvalue weighted by Gasteiger charge is -2.09. The molecule has 7 aromatic rings. The Hall–Kier alpha value is -6.11. The first kappa shape index (κ1) is 34.3. The summed E-state index contributed by atoms with van der Waals surface area (Å²) in [6.45, 7) is 3.21. The maximum Gasteiger partial charge on any atom is 0.259 e. The molecule has 1 N–H and O–H groups in total. The number of aromatic amines is 1. The lowest BCUT2D eigenvalue weighted by Crippen LogP contribution is -2.13. The average molecular weight is 700 g/mol. The van der Waals surface area contributed by atoms with Crippen LogP contribution in [0.2, 0.25) is 0 Å². The van der Waals surface area contributed by atoms with Crippen molar-refractivity contribution in [2.75, 3.05) is 39.6 Å². The van der Waals surface area contributed by atoms with Gasteiger partial charge in [0, 0.05) is 29.5 Å². The highest BCUT2D eigenvalue weighted by atomic mass is 16.5. The zero-order valence-corrected chi connectivity index (χ0v) is 28.4. The normalized spacial score (nSPS) is 11.3. The van der Waals surface area contributed by atoms with E-state index in [1.165, 1.54) is 6.07 Å². The molecule has 0 aliphatic rings. The van der Waals surface area contributed by atoms with Crippen LogP contribution in [0.15, 0.2) is 123 Å². The van der Waals surface area contributed by atoms with Crippen LogP contribution >= 0.6 is 0 Å². The maximum absolute atomic E-state index is 12.6. The predicted octanol–water partition coefficient (Wildman–Crippen LogP) is 6.08. The van der Waals surface area contributed by atoms with E-state index in [0.717, 1.165) is 35.4 Å². The number of H-pyrrole nitrogens is 1. The molecule has 0 unspecified atom stereocenters. The Morgan fingerprint density at radius 2 is 1.44 bits per heavy atom. The van der Waals surface area contributed by atoms with E-state index < -0.39 is 0 Å². The molecule has 52 heavy (non-hydrogen) atoms. The molecule has 3 aromatic heterocycles. The van der Waals surface area contributed by atoms with Crippen molar-refractivity contribution in [1.29, 1.82) is 0 Å². The number of rotatable bonds is 17. The number of ether oxygens (including phenoxy) is 4. The highest BCUT2D eigenvalue weighted by Gasteiger charge is 2.09. The maximum atomic E-state index is 12.6. The lowest BCUT2D eigenvalue weighted by molar-refractivity contribution is 0.0333. The number of hydrogen-bond acceptors (Lipinski definition) is 10. The fourth-order valence-corrected chi connectivity index (χ4v) is 5.61. The van der Waals surface area contributed by atoms with Gasteiger partial charge < -0.3 is 28.3 Å². The molecule has 0 saturated heterocycles. The van der Waals surface area contributed by atoms with Crippen LogP contribution in [0.5, 0.6) is 11.5 Å². The minimum Gasteiger partial charge on any atom is -0.494 e. The standard InChI is InChI=1S/C40H37N5O7/c46-36-26-37(28-7-2-1-3-8-28)52-38-25-32(16-17-34(36)38)51-24-23-49-22-21-48-20-18-45-27-30(43-44-45)9-6-19-50-31-14-12-29(13-15-31)39-41-35-11-5-4-10-33(35)40(47)42-39/h1-5,7-8,10-17,25-27H,6,9,18-24H2,(H,41,42,47). The summed E-state index contributed by atoms with van der Waals surface area (Å²) in [6, 6.07) is 31.0. The summed E-state index contributed by atoms with van der Waals surface area (Å²) in [7, 11) is 0. The zero-order chi connectivity index (χ0) is 35.5. The summed E-state index contributed by atoms with van der Waals surface area (Å²) >= 11 is 0. The third-order valence-corrected chi connectivity index (χ3v) is 8.26. The van der Waals surface area contributed by atoms with E-state index in [9.17, 15) is 9.59 Å². The Bertz CT molecular complexity index is 2350. The summed E-state index contributed by atoms with van der Waals surface area (Å²) in [5, 5.41) is 9.51. The molecule has 0 radical (unpaired) electrons. The number of nitrogens with one attached hydrogen (secondary N) is 1. The molecule has 3 heterocycles. The SMILES string of the molecule is O=c1[nH]c(-c2ccc(OCCCc3cn(CCOCCOCCOc4ccc5c(=O)cc(-c6ccccc6)oc5c4)nn3)cc2)nc2ccccc12. The number of aryl methyl sites for hydroxylation is 1. The van der Waals surface area contributed by atoms with Gasteiger partial charge in [-0.3, -0.25) is 9.59 Å². The van der Waals surface area contributed by atoms with Crippen molar-refractivity contribution < 1.29 is 23.4 Å². The largest absolute Gasteiger partial charge is 0.494 e. The summed E-state index contributed by atoms with van der Waals surface area (Å²) in [6.07, 6.45) is 3.44. The monoisotopic (exact) mass is 699 g/mol. The summed E-state index contributed by atoms with van der Waals surface area (Å²) in [4.78, 5) is 32.4. The Morgan fingerprint density at radius 3 is 2.31 bits per heavy atom. The second-order valence-electron chi connectivity index (χ2n) is 12.0. The minimum atomic E-state index is -0.161. The van der Waals surface area contributed by atoms with Gasteiger partial charge in [0.15, 0.2) is 5.43 Å². The van der Waals surface area contributed by atoms with Crippen molar-refractivity contribution in [3.63, 3.8) is 0 Å². The van der Waals surface area contributed by atoms with Crippen LogP contribution < -0.4 is 20.5 Å². The van der Waals surface area contributed by atoms with Crippen molar-refractivity contribution in [3.8, 4) is 34.2 Å². The molecular weight excluding hydrogens is 662 g/mol. The second kappa shape index (κ2) is 16.7. The Labute approximate surface area is 298 Å². The summed E-state index contributed by atoms with van der Waals surface area (Å²) < 4.78 is 30.8. The number of hydrogen-bond donors (Lipinski definition) is 1. The fraction of sp³-hybridized carbons (Fsp3) is 0.225. The van der Waals surface area contributed by atoms with Crippen molar-refractivity contribution in [3.05, 3.63) is 136 Å². The second-order valence-corrected chi connectivity index (χ2v) is 12.0. The molecule has 12 nitrogen and oxygen atoms in total. The number of benzene rings is 4. The van der Waals surface area contributed by atoms with E-state index in [1.807, 2.05) is 79.0 Å². The van der Waals surface area contributed by atoms with Crippen molar-refractivity contribution in [1.82, 2.24) is 25.0 Å². The summed E-state index contributed by atoms with van der Waals surface area (Å²) in [5.41, 5.74) is 3.41. The van der Waals surface area contributed by atoms with Crippen LogP contribution in [0.4, 0.5) is 0 Å². The average Bonchev–Trinajstić information content (AvgIpc) is 3.63. The van der Waals surface area contributed by atoms with Crippen LogP contribution in [0.25, 0.3) is 44.6 Å². The fourth-order valence-electron chi connectivity index (χ4n) is 5.61. The van der Waals surface area contributed by atoms with Gasteiger partial charge in [0.25, 0.3) is 5.56 Å². The molecule has 0 bridgehead atoms. The highest BCUT2D eigenvalue weighted by Crippen LogP contribution is 2.25. The molecule has 0 aliphatic heterocycles. The third-order valence-electron chi connectivity index (χ3n) is 8.26. The van der Waals surface area contributed by atoms with E-state index >= 15 is 0 Å². The van der Waals surface area contributed by atoms with Gasteiger partial charge in [0.05, 0.1) is 61.6 Å². The van der Waals surface area contributed by atoms with E-state index in [0.29, 0.717) is 85.4 Å². The highest BCUT2D eigenvalue weighted by molar-refractivity contribution is 5.80.